The van der Waals surface area contributed by atoms with Crippen LogP contribution in [0, 0.1) is 5.92 Å². The van der Waals surface area contributed by atoms with Crippen LogP contribution in [0.5, 0.6) is 0 Å². The molecule has 1 aliphatic rings. The Balaban J connectivity index is 1.81. The van der Waals surface area contributed by atoms with Crippen molar-refractivity contribution in [3.8, 4) is 0 Å². The first-order chi connectivity index (χ1) is 14.0. The van der Waals surface area contributed by atoms with Crippen molar-refractivity contribution in [2.75, 3.05) is 7.05 Å². The van der Waals surface area contributed by atoms with Gasteiger partial charge in [-0.1, -0.05) is 38.1 Å². The van der Waals surface area contributed by atoms with Crippen LogP contribution in [-0.4, -0.2) is 40.6 Å². The molecule has 0 radical (unpaired) electrons. The zero-order valence-corrected chi connectivity index (χ0v) is 16.7. The number of halogens is 3. The zero-order chi connectivity index (χ0) is 22.2. The quantitative estimate of drug-likeness (QED) is 0.690. The van der Waals surface area contributed by atoms with Crippen LogP contribution in [0.15, 0.2) is 48.5 Å². The van der Waals surface area contributed by atoms with E-state index in [1.807, 2.05) is 0 Å². The average molecular weight is 418 g/mol. The SMILES string of the molecule is CC(C)C(C(=O)N(C)Cc1ccc(C(F)(F)F)cc1)N1C(=O)c2ccccc2C1=O. The van der Waals surface area contributed by atoms with E-state index in [0.717, 1.165) is 17.0 Å². The highest BCUT2D eigenvalue weighted by molar-refractivity contribution is 6.22. The lowest BCUT2D eigenvalue weighted by Crippen LogP contribution is -2.52. The van der Waals surface area contributed by atoms with Crippen LogP contribution in [-0.2, 0) is 17.5 Å². The molecule has 1 unspecified atom stereocenters. The van der Waals surface area contributed by atoms with Crippen LogP contribution in [0.25, 0.3) is 0 Å². The van der Waals surface area contributed by atoms with Gasteiger partial charge in [-0.3, -0.25) is 19.3 Å². The van der Waals surface area contributed by atoms with Crippen LogP contribution >= 0.6 is 0 Å². The van der Waals surface area contributed by atoms with Crippen molar-refractivity contribution in [1.82, 2.24) is 9.80 Å². The standard InChI is InChI=1S/C22H21F3N2O3/c1-13(2)18(27-19(28)16-6-4-5-7-17(16)20(27)29)21(30)26(3)12-14-8-10-15(11-9-14)22(23,24)25/h4-11,13,18H,12H2,1-3H3. The molecule has 8 heteroatoms. The number of nitrogens with zero attached hydrogens (tertiary/aromatic N) is 2. The Labute approximate surface area is 172 Å². The summed E-state index contributed by atoms with van der Waals surface area (Å²) in [5.41, 5.74) is 0.243. The highest BCUT2D eigenvalue weighted by Crippen LogP contribution is 2.30. The summed E-state index contributed by atoms with van der Waals surface area (Å²) >= 11 is 0. The molecule has 158 valence electrons. The lowest BCUT2D eigenvalue weighted by molar-refractivity contribution is -0.138. The van der Waals surface area contributed by atoms with Crippen LogP contribution in [0.4, 0.5) is 13.2 Å². The predicted molar refractivity (Wildman–Crippen MR) is 103 cm³/mol. The summed E-state index contributed by atoms with van der Waals surface area (Å²) in [6.45, 7) is 3.51. The molecule has 3 rings (SSSR count). The summed E-state index contributed by atoms with van der Waals surface area (Å²) in [7, 11) is 1.49. The maximum Gasteiger partial charge on any atom is 0.416 e. The van der Waals surface area contributed by atoms with E-state index in [1.165, 1.54) is 24.1 Å². The van der Waals surface area contributed by atoms with Crippen molar-refractivity contribution in [2.24, 2.45) is 5.92 Å². The molecule has 1 heterocycles. The molecule has 0 bridgehead atoms. The van der Waals surface area contributed by atoms with Gasteiger partial charge in [0.15, 0.2) is 0 Å². The number of hydrogen-bond acceptors (Lipinski definition) is 3. The van der Waals surface area contributed by atoms with E-state index in [1.54, 1.807) is 38.1 Å². The van der Waals surface area contributed by atoms with E-state index < -0.39 is 35.5 Å². The number of benzene rings is 2. The number of carbonyl (C=O) groups excluding carboxylic acids is 3. The molecule has 0 N–H and O–H groups in total. The van der Waals surface area contributed by atoms with Gasteiger partial charge in [0, 0.05) is 13.6 Å². The summed E-state index contributed by atoms with van der Waals surface area (Å²) in [6, 6.07) is 9.89. The van der Waals surface area contributed by atoms with Gasteiger partial charge < -0.3 is 4.90 Å². The normalized spacial score (nSPS) is 14.8. The Bertz CT molecular complexity index is 949. The third kappa shape index (κ3) is 3.94. The minimum atomic E-state index is -4.44. The molecule has 2 aromatic carbocycles. The number of rotatable bonds is 5. The lowest BCUT2D eigenvalue weighted by Gasteiger charge is -2.32. The first-order valence-corrected chi connectivity index (χ1v) is 9.40. The number of imide groups is 1. The maximum atomic E-state index is 13.1. The average Bonchev–Trinajstić information content (AvgIpc) is 2.93. The molecule has 0 spiro atoms. The van der Waals surface area contributed by atoms with E-state index >= 15 is 0 Å². The Morgan fingerprint density at radius 1 is 0.967 bits per heavy atom. The monoisotopic (exact) mass is 418 g/mol. The second-order valence-corrected chi connectivity index (χ2v) is 7.60. The van der Waals surface area contributed by atoms with Crippen molar-refractivity contribution >= 4 is 17.7 Å². The van der Waals surface area contributed by atoms with Gasteiger partial charge in [-0.2, -0.15) is 13.2 Å². The van der Waals surface area contributed by atoms with Crippen LogP contribution in [0.2, 0.25) is 0 Å². The number of likely N-dealkylation sites (N-methyl/N-ethyl adjacent to an activating group) is 1. The highest BCUT2D eigenvalue weighted by Gasteiger charge is 2.44. The van der Waals surface area contributed by atoms with Gasteiger partial charge in [0.25, 0.3) is 11.8 Å². The van der Waals surface area contributed by atoms with E-state index in [4.69, 9.17) is 0 Å². The van der Waals surface area contributed by atoms with E-state index in [-0.39, 0.29) is 23.6 Å². The fraction of sp³-hybridized carbons (Fsp3) is 0.318. The first kappa shape index (κ1) is 21.5. The fourth-order valence-electron chi connectivity index (χ4n) is 3.53. The molecular weight excluding hydrogens is 397 g/mol. The van der Waals surface area contributed by atoms with Gasteiger partial charge in [0.1, 0.15) is 6.04 Å². The third-order valence-electron chi connectivity index (χ3n) is 5.07. The molecule has 0 saturated heterocycles. The molecule has 3 amide bonds. The number of carbonyl (C=O) groups is 3. The van der Waals surface area contributed by atoms with Crippen molar-refractivity contribution in [1.29, 1.82) is 0 Å². The number of hydrogen-bond donors (Lipinski definition) is 0. The first-order valence-electron chi connectivity index (χ1n) is 9.40. The molecule has 0 aromatic heterocycles. The topological polar surface area (TPSA) is 57.7 Å². The molecule has 30 heavy (non-hydrogen) atoms. The summed E-state index contributed by atoms with van der Waals surface area (Å²) in [5.74, 6) is -1.86. The molecule has 5 nitrogen and oxygen atoms in total. The zero-order valence-electron chi connectivity index (χ0n) is 16.7. The molecule has 1 aliphatic heterocycles. The van der Waals surface area contributed by atoms with Crippen molar-refractivity contribution in [3.05, 3.63) is 70.8 Å². The highest BCUT2D eigenvalue weighted by atomic mass is 19.4. The largest absolute Gasteiger partial charge is 0.416 e. The van der Waals surface area contributed by atoms with E-state index in [0.29, 0.717) is 5.56 Å². The molecule has 1 atom stereocenters. The number of amides is 3. The minimum absolute atomic E-state index is 0.0450. The fourth-order valence-corrected chi connectivity index (χ4v) is 3.53. The molecular formula is C22H21F3N2O3. The van der Waals surface area contributed by atoms with Gasteiger partial charge in [-0.25, -0.2) is 0 Å². The Morgan fingerprint density at radius 2 is 1.47 bits per heavy atom. The Hall–Kier alpha value is -3.16. The second kappa shape index (κ2) is 7.93. The summed E-state index contributed by atoms with van der Waals surface area (Å²) in [4.78, 5) is 41.0. The van der Waals surface area contributed by atoms with Crippen LogP contribution in [0.3, 0.4) is 0 Å². The van der Waals surface area contributed by atoms with Gasteiger partial charge in [0.2, 0.25) is 5.91 Å². The summed E-state index contributed by atoms with van der Waals surface area (Å²) < 4.78 is 38.2. The van der Waals surface area contributed by atoms with Gasteiger partial charge in [-0.15, -0.1) is 0 Å². The number of fused-ring (bicyclic) bond motifs is 1. The molecule has 0 fully saturated rings. The van der Waals surface area contributed by atoms with Crippen LogP contribution in [0.1, 0.15) is 45.7 Å². The number of alkyl halides is 3. The van der Waals surface area contributed by atoms with Crippen LogP contribution < -0.4 is 0 Å². The molecule has 2 aromatic rings. The lowest BCUT2D eigenvalue weighted by atomic mass is 10.0. The maximum absolute atomic E-state index is 13.1. The molecule has 0 aliphatic carbocycles. The minimum Gasteiger partial charge on any atom is -0.340 e. The van der Waals surface area contributed by atoms with Crippen molar-refractivity contribution in [3.63, 3.8) is 0 Å². The summed E-state index contributed by atoms with van der Waals surface area (Å²) in [5, 5.41) is 0. The predicted octanol–water partition coefficient (Wildman–Crippen LogP) is 3.98. The van der Waals surface area contributed by atoms with Gasteiger partial charge in [0.05, 0.1) is 16.7 Å². The van der Waals surface area contributed by atoms with Gasteiger partial charge in [-0.05, 0) is 35.7 Å². The smallest absolute Gasteiger partial charge is 0.340 e. The third-order valence-corrected chi connectivity index (χ3v) is 5.07. The summed E-state index contributed by atoms with van der Waals surface area (Å²) in [6.07, 6.45) is -4.44. The molecule has 0 saturated carbocycles. The van der Waals surface area contributed by atoms with Crippen molar-refractivity contribution < 1.29 is 27.6 Å². The second-order valence-electron chi connectivity index (χ2n) is 7.60. The van der Waals surface area contributed by atoms with E-state index in [9.17, 15) is 27.6 Å². The Morgan fingerprint density at radius 3 is 1.90 bits per heavy atom. The van der Waals surface area contributed by atoms with Crippen molar-refractivity contribution in [2.45, 2.75) is 32.6 Å². The van der Waals surface area contributed by atoms with Gasteiger partial charge >= 0.3 is 6.18 Å². The van der Waals surface area contributed by atoms with E-state index in [2.05, 4.69) is 0 Å². The Kier molecular flexibility index (Phi) is 5.70.